The van der Waals surface area contributed by atoms with E-state index >= 15 is 0 Å². The van der Waals surface area contributed by atoms with Crippen molar-refractivity contribution in [3.8, 4) is 0 Å². The van der Waals surface area contributed by atoms with Crippen LogP contribution in [0.25, 0.3) is 10.9 Å². The lowest BCUT2D eigenvalue weighted by Gasteiger charge is -2.16. The summed E-state index contributed by atoms with van der Waals surface area (Å²) in [6, 6.07) is 16.3. The molecule has 0 bridgehead atoms. The number of aryl methyl sites for hydroxylation is 2. The smallest absolute Gasteiger partial charge is 0.251 e. The van der Waals surface area contributed by atoms with E-state index in [4.69, 9.17) is 0 Å². The summed E-state index contributed by atoms with van der Waals surface area (Å²) in [6.07, 6.45) is 4.50. The van der Waals surface area contributed by atoms with Gasteiger partial charge in [0.05, 0.1) is 0 Å². The van der Waals surface area contributed by atoms with E-state index in [1.807, 2.05) is 31.2 Å². The number of aromatic nitrogens is 1. The second-order valence-electron chi connectivity index (χ2n) is 7.00. The van der Waals surface area contributed by atoms with Crippen LogP contribution in [0.3, 0.4) is 0 Å². The number of carbonyl (C=O) groups excluding carboxylic acids is 1. The summed E-state index contributed by atoms with van der Waals surface area (Å²) in [4.78, 5) is 12.5. The number of para-hydroxylation sites is 1. The molecule has 3 heteroatoms. The molecule has 0 spiro atoms. The van der Waals surface area contributed by atoms with Crippen molar-refractivity contribution in [1.82, 2.24) is 9.88 Å². The summed E-state index contributed by atoms with van der Waals surface area (Å²) in [7, 11) is 2.09. The molecule has 0 radical (unpaired) electrons. The number of hydrogen-bond acceptors (Lipinski definition) is 1. The van der Waals surface area contributed by atoms with Crippen LogP contribution in [-0.4, -0.2) is 17.0 Å². The van der Waals surface area contributed by atoms with Gasteiger partial charge in [-0.1, -0.05) is 35.9 Å². The van der Waals surface area contributed by atoms with Gasteiger partial charge in [0.15, 0.2) is 0 Å². The van der Waals surface area contributed by atoms with E-state index in [0.29, 0.717) is 6.54 Å². The summed E-state index contributed by atoms with van der Waals surface area (Å²) in [6.45, 7) is 2.71. The topological polar surface area (TPSA) is 34.0 Å². The highest BCUT2D eigenvalue weighted by molar-refractivity contribution is 5.94. The van der Waals surface area contributed by atoms with Gasteiger partial charge in [0, 0.05) is 41.7 Å². The Morgan fingerprint density at radius 3 is 2.71 bits per heavy atom. The average Bonchev–Trinajstić information content (AvgIpc) is 3.31. The van der Waals surface area contributed by atoms with Crippen molar-refractivity contribution >= 4 is 16.8 Å². The Morgan fingerprint density at radius 1 is 1.17 bits per heavy atom. The second kappa shape index (κ2) is 5.52. The molecule has 0 atom stereocenters. The number of hydrogen-bond donors (Lipinski definition) is 1. The standard InChI is InChI=1S/C21H22N2O/c1-15-6-5-7-16(12-15)20(24)22-14-21(10-11-21)18-13-23(2)19-9-4-3-8-17(18)19/h3-9,12-13H,10-11,14H2,1-2H3,(H,22,24). The van der Waals surface area contributed by atoms with Crippen LogP contribution >= 0.6 is 0 Å². The van der Waals surface area contributed by atoms with Gasteiger partial charge in [-0.3, -0.25) is 4.79 Å². The predicted molar refractivity (Wildman–Crippen MR) is 97.3 cm³/mol. The van der Waals surface area contributed by atoms with Crippen molar-refractivity contribution in [3.05, 3.63) is 71.4 Å². The molecule has 3 aromatic rings. The monoisotopic (exact) mass is 318 g/mol. The Labute approximate surface area is 142 Å². The molecule has 0 saturated heterocycles. The number of nitrogens with zero attached hydrogens (tertiary/aromatic N) is 1. The number of nitrogens with one attached hydrogen (secondary N) is 1. The van der Waals surface area contributed by atoms with Crippen LogP contribution in [0, 0.1) is 6.92 Å². The lowest BCUT2D eigenvalue weighted by Crippen LogP contribution is -2.32. The summed E-state index contributed by atoms with van der Waals surface area (Å²) >= 11 is 0. The predicted octanol–water partition coefficient (Wildman–Crippen LogP) is 3.95. The first-order valence-electron chi connectivity index (χ1n) is 8.48. The van der Waals surface area contributed by atoms with Crippen LogP contribution < -0.4 is 5.32 Å². The van der Waals surface area contributed by atoms with Crippen LogP contribution in [0.15, 0.2) is 54.7 Å². The molecule has 1 amide bonds. The fourth-order valence-electron chi connectivity index (χ4n) is 3.59. The largest absolute Gasteiger partial charge is 0.351 e. The first-order chi connectivity index (χ1) is 11.6. The van der Waals surface area contributed by atoms with E-state index < -0.39 is 0 Å². The summed E-state index contributed by atoms with van der Waals surface area (Å²) < 4.78 is 2.19. The average molecular weight is 318 g/mol. The third kappa shape index (κ3) is 2.50. The Hall–Kier alpha value is -2.55. The highest BCUT2D eigenvalue weighted by atomic mass is 16.1. The summed E-state index contributed by atoms with van der Waals surface area (Å²) in [5.41, 5.74) is 4.57. The number of rotatable bonds is 4. The summed E-state index contributed by atoms with van der Waals surface area (Å²) in [5.74, 6) is 0.0187. The molecule has 0 aliphatic heterocycles. The first kappa shape index (κ1) is 15.0. The van der Waals surface area contributed by atoms with Gasteiger partial charge in [-0.05, 0) is 43.5 Å². The first-order valence-corrected chi connectivity index (χ1v) is 8.48. The molecule has 3 nitrogen and oxygen atoms in total. The highest BCUT2D eigenvalue weighted by Gasteiger charge is 2.46. The van der Waals surface area contributed by atoms with E-state index in [1.165, 1.54) is 16.5 Å². The number of carbonyl (C=O) groups is 1. The quantitative estimate of drug-likeness (QED) is 0.776. The normalized spacial score (nSPS) is 15.4. The molecular weight excluding hydrogens is 296 g/mol. The minimum Gasteiger partial charge on any atom is -0.351 e. The number of benzene rings is 2. The van der Waals surface area contributed by atoms with Gasteiger partial charge < -0.3 is 9.88 Å². The minimum absolute atomic E-state index is 0.0187. The van der Waals surface area contributed by atoms with Crippen LogP contribution in [-0.2, 0) is 12.5 Å². The van der Waals surface area contributed by atoms with E-state index in [-0.39, 0.29) is 11.3 Å². The number of fused-ring (bicyclic) bond motifs is 1. The third-order valence-corrected chi connectivity index (χ3v) is 5.19. The Balaban J connectivity index is 1.57. The van der Waals surface area contributed by atoms with E-state index in [1.54, 1.807) is 0 Å². The third-order valence-electron chi connectivity index (χ3n) is 5.19. The van der Waals surface area contributed by atoms with E-state index in [2.05, 4.69) is 47.4 Å². The molecule has 1 N–H and O–H groups in total. The lowest BCUT2D eigenvalue weighted by molar-refractivity contribution is 0.0949. The van der Waals surface area contributed by atoms with Gasteiger partial charge in [-0.2, -0.15) is 0 Å². The van der Waals surface area contributed by atoms with Crippen molar-refractivity contribution in [2.24, 2.45) is 7.05 Å². The van der Waals surface area contributed by atoms with Crippen molar-refractivity contribution in [2.45, 2.75) is 25.2 Å². The Morgan fingerprint density at radius 2 is 1.96 bits per heavy atom. The molecule has 1 aromatic heterocycles. The zero-order valence-corrected chi connectivity index (χ0v) is 14.2. The van der Waals surface area contributed by atoms with E-state index in [9.17, 15) is 4.79 Å². The van der Waals surface area contributed by atoms with Crippen molar-refractivity contribution in [2.75, 3.05) is 6.54 Å². The summed E-state index contributed by atoms with van der Waals surface area (Å²) in [5, 5.41) is 4.46. The van der Waals surface area contributed by atoms with Gasteiger partial charge in [-0.15, -0.1) is 0 Å². The second-order valence-corrected chi connectivity index (χ2v) is 7.00. The van der Waals surface area contributed by atoms with Crippen LogP contribution in [0.5, 0.6) is 0 Å². The van der Waals surface area contributed by atoms with Crippen molar-refractivity contribution in [1.29, 1.82) is 0 Å². The van der Waals surface area contributed by atoms with Gasteiger partial charge in [0.2, 0.25) is 0 Å². The Kier molecular flexibility index (Phi) is 3.45. The molecule has 24 heavy (non-hydrogen) atoms. The van der Waals surface area contributed by atoms with Crippen LogP contribution in [0.4, 0.5) is 0 Å². The van der Waals surface area contributed by atoms with Gasteiger partial charge in [0.1, 0.15) is 0 Å². The van der Waals surface area contributed by atoms with Crippen molar-refractivity contribution in [3.63, 3.8) is 0 Å². The molecule has 1 saturated carbocycles. The fourth-order valence-corrected chi connectivity index (χ4v) is 3.59. The van der Waals surface area contributed by atoms with E-state index in [0.717, 1.165) is 24.0 Å². The molecule has 1 aliphatic rings. The molecular formula is C21H22N2O. The van der Waals surface area contributed by atoms with Crippen LogP contribution in [0.2, 0.25) is 0 Å². The molecule has 1 fully saturated rings. The fraction of sp³-hybridized carbons (Fsp3) is 0.286. The molecule has 2 aromatic carbocycles. The highest BCUT2D eigenvalue weighted by Crippen LogP contribution is 2.50. The SMILES string of the molecule is Cc1cccc(C(=O)NCC2(c3cn(C)c4ccccc34)CC2)c1. The van der Waals surface area contributed by atoms with Gasteiger partial charge in [0.25, 0.3) is 5.91 Å². The van der Waals surface area contributed by atoms with Gasteiger partial charge in [-0.25, -0.2) is 0 Å². The van der Waals surface area contributed by atoms with Crippen molar-refractivity contribution < 1.29 is 4.79 Å². The maximum atomic E-state index is 12.5. The molecule has 122 valence electrons. The maximum absolute atomic E-state index is 12.5. The Bertz CT molecular complexity index is 918. The molecule has 1 aliphatic carbocycles. The number of amides is 1. The lowest BCUT2D eigenvalue weighted by atomic mass is 9.95. The molecule has 0 unspecified atom stereocenters. The van der Waals surface area contributed by atoms with Crippen LogP contribution in [0.1, 0.15) is 34.3 Å². The zero-order valence-electron chi connectivity index (χ0n) is 14.2. The minimum atomic E-state index is 0.0187. The van der Waals surface area contributed by atoms with Gasteiger partial charge >= 0.3 is 0 Å². The molecule has 4 rings (SSSR count). The zero-order chi connectivity index (χ0) is 16.7. The maximum Gasteiger partial charge on any atom is 0.251 e. The molecule has 1 heterocycles.